The number of esters is 1. The van der Waals surface area contributed by atoms with Crippen LogP contribution in [0, 0.1) is 23.7 Å². The van der Waals surface area contributed by atoms with Crippen LogP contribution in [0.1, 0.15) is 110 Å². The van der Waals surface area contributed by atoms with Gasteiger partial charge in [-0.25, -0.2) is 9.78 Å². The standard InChI is InChI=1S/C42H63N5O6/c1-7-31(28(2)3)23-37(48)34(22-30-17-12-9-13-18-30)45-40(51)35(25-33-26-43-27-44-33)46-39(50)32(21-29-15-10-8-11-16-29)24-38(49)47-20-14-19-36(47)41(52)53-42(4,5)6/h7-8,10-11,15-16,26-28,30-32,34-37,48H,1,9,12-14,17-25H2,2-6H3,(H,43,44)(H,45,51)(H,46,50)/t31-,32-,34-,35-,36-,37+/m0/s1. The quantitative estimate of drug-likeness (QED) is 0.114. The fraction of sp³-hybridized carbons (Fsp3) is 0.643. The fourth-order valence-electron chi connectivity index (χ4n) is 7.74. The molecule has 1 aromatic heterocycles. The van der Waals surface area contributed by atoms with Crippen LogP contribution in [0.15, 0.2) is 55.5 Å². The van der Waals surface area contributed by atoms with Crippen molar-refractivity contribution in [1.82, 2.24) is 25.5 Å². The molecule has 1 aliphatic carbocycles. The molecule has 11 heteroatoms. The minimum absolute atomic E-state index is 0.0807. The topological polar surface area (TPSA) is 154 Å². The molecule has 4 rings (SSSR count). The van der Waals surface area contributed by atoms with Crippen LogP contribution in [0.5, 0.6) is 0 Å². The Balaban J connectivity index is 1.56. The molecular weight excluding hydrogens is 670 g/mol. The molecule has 0 bridgehead atoms. The van der Waals surface area contributed by atoms with Crippen molar-refractivity contribution < 1.29 is 29.0 Å². The number of aliphatic hydroxyl groups excluding tert-OH is 1. The van der Waals surface area contributed by atoms with Crippen LogP contribution in [-0.2, 0) is 36.8 Å². The maximum atomic E-state index is 14.3. The Morgan fingerprint density at radius 3 is 2.36 bits per heavy atom. The van der Waals surface area contributed by atoms with E-state index in [1.54, 1.807) is 27.0 Å². The number of nitrogens with zero attached hydrogens (tertiary/aromatic N) is 2. The van der Waals surface area contributed by atoms with Gasteiger partial charge in [0.05, 0.1) is 30.1 Å². The first kappa shape index (κ1) is 41.8. The van der Waals surface area contributed by atoms with Crippen molar-refractivity contribution in [1.29, 1.82) is 0 Å². The molecule has 1 saturated carbocycles. The zero-order valence-electron chi connectivity index (χ0n) is 32.5. The summed E-state index contributed by atoms with van der Waals surface area (Å²) in [6.45, 7) is 14.0. The number of rotatable bonds is 18. The molecule has 1 saturated heterocycles. The van der Waals surface area contributed by atoms with E-state index in [1.165, 1.54) is 17.6 Å². The van der Waals surface area contributed by atoms with Gasteiger partial charge in [-0.2, -0.15) is 0 Å². The number of aliphatic hydroxyl groups is 1. The second kappa shape index (κ2) is 19.9. The van der Waals surface area contributed by atoms with E-state index in [-0.39, 0.29) is 37.0 Å². The van der Waals surface area contributed by atoms with Crippen molar-refractivity contribution in [2.24, 2.45) is 23.7 Å². The molecule has 2 heterocycles. The van der Waals surface area contributed by atoms with Crippen molar-refractivity contribution in [2.75, 3.05) is 6.54 Å². The summed E-state index contributed by atoms with van der Waals surface area (Å²) >= 11 is 0. The first-order valence-corrected chi connectivity index (χ1v) is 19.7. The van der Waals surface area contributed by atoms with Gasteiger partial charge in [-0.3, -0.25) is 14.4 Å². The number of hydrogen-bond acceptors (Lipinski definition) is 7. The van der Waals surface area contributed by atoms with Crippen LogP contribution in [0.2, 0.25) is 0 Å². The van der Waals surface area contributed by atoms with E-state index in [4.69, 9.17) is 4.74 Å². The number of H-pyrrole nitrogens is 1. The molecule has 53 heavy (non-hydrogen) atoms. The number of hydrogen-bond donors (Lipinski definition) is 4. The van der Waals surface area contributed by atoms with Gasteiger partial charge in [0, 0.05) is 25.6 Å². The van der Waals surface area contributed by atoms with Gasteiger partial charge >= 0.3 is 5.97 Å². The third-order valence-electron chi connectivity index (χ3n) is 10.7. The lowest BCUT2D eigenvalue weighted by atomic mass is 9.81. The summed E-state index contributed by atoms with van der Waals surface area (Å²) in [5, 5.41) is 17.7. The molecular formula is C42H63N5O6. The predicted octanol–water partition coefficient (Wildman–Crippen LogP) is 5.68. The van der Waals surface area contributed by atoms with Crippen LogP contribution in [-0.4, -0.2) is 80.0 Å². The Morgan fingerprint density at radius 2 is 1.74 bits per heavy atom. The minimum atomic E-state index is -1.01. The summed E-state index contributed by atoms with van der Waals surface area (Å²) in [5.74, 6) is -1.66. The number of carbonyl (C=O) groups is 4. The highest BCUT2D eigenvalue weighted by Crippen LogP contribution is 2.30. The Labute approximate surface area is 316 Å². The highest BCUT2D eigenvalue weighted by Gasteiger charge is 2.39. The number of aromatic amines is 1. The zero-order valence-corrected chi connectivity index (χ0v) is 32.5. The van der Waals surface area contributed by atoms with E-state index in [2.05, 4.69) is 41.0 Å². The fourth-order valence-corrected chi connectivity index (χ4v) is 7.74. The highest BCUT2D eigenvalue weighted by molar-refractivity contribution is 5.92. The number of likely N-dealkylation sites (tertiary alicyclic amines) is 1. The molecule has 3 amide bonds. The van der Waals surface area contributed by atoms with Gasteiger partial charge in [-0.15, -0.1) is 6.58 Å². The average Bonchev–Trinajstić information content (AvgIpc) is 3.83. The highest BCUT2D eigenvalue weighted by atomic mass is 16.6. The van der Waals surface area contributed by atoms with Gasteiger partial charge < -0.3 is 30.4 Å². The monoisotopic (exact) mass is 733 g/mol. The number of benzene rings is 1. The molecule has 1 aromatic carbocycles. The molecule has 0 unspecified atom stereocenters. The maximum absolute atomic E-state index is 14.3. The van der Waals surface area contributed by atoms with Gasteiger partial charge in [0.25, 0.3) is 0 Å². The molecule has 2 fully saturated rings. The first-order chi connectivity index (χ1) is 25.2. The van der Waals surface area contributed by atoms with Gasteiger partial charge in [0.2, 0.25) is 17.7 Å². The summed E-state index contributed by atoms with van der Waals surface area (Å²) in [4.78, 5) is 64.3. The normalized spacial score (nSPS) is 19.5. The summed E-state index contributed by atoms with van der Waals surface area (Å²) in [5.41, 5.74) is 0.770. The van der Waals surface area contributed by atoms with Crippen molar-refractivity contribution in [3.63, 3.8) is 0 Å². The number of amides is 3. The molecule has 1 aliphatic heterocycles. The summed E-state index contributed by atoms with van der Waals surface area (Å²) in [6, 6.07) is 7.24. The second-order valence-electron chi connectivity index (χ2n) is 16.5. The smallest absolute Gasteiger partial charge is 0.329 e. The molecule has 2 aromatic rings. The largest absolute Gasteiger partial charge is 0.458 e. The number of aromatic nitrogens is 2. The van der Waals surface area contributed by atoms with Crippen molar-refractivity contribution in [3.05, 3.63) is 66.8 Å². The number of nitrogens with one attached hydrogen (secondary N) is 3. The third kappa shape index (κ3) is 13.1. The maximum Gasteiger partial charge on any atom is 0.329 e. The number of allylic oxidation sites excluding steroid dienone is 1. The third-order valence-corrected chi connectivity index (χ3v) is 10.7. The van der Waals surface area contributed by atoms with E-state index < -0.39 is 53.5 Å². The Bertz CT molecular complexity index is 1470. The second-order valence-corrected chi connectivity index (χ2v) is 16.5. The Hall–Kier alpha value is -3.99. The first-order valence-electron chi connectivity index (χ1n) is 19.7. The van der Waals surface area contributed by atoms with Gasteiger partial charge in [-0.05, 0) is 76.2 Å². The zero-order chi connectivity index (χ0) is 38.5. The lowest BCUT2D eigenvalue weighted by Crippen LogP contribution is -2.55. The summed E-state index contributed by atoms with van der Waals surface area (Å²) in [7, 11) is 0. The predicted molar refractivity (Wildman–Crippen MR) is 205 cm³/mol. The van der Waals surface area contributed by atoms with E-state index in [1.807, 2.05) is 36.4 Å². The minimum Gasteiger partial charge on any atom is -0.458 e. The molecule has 4 N–H and O–H groups in total. The van der Waals surface area contributed by atoms with Crippen molar-refractivity contribution in [3.8, 4) is 0 Å². The SMILES string of the molecule is C=C[C@@H](C[C@@H](O)[C@H](CC1CCCCC1)NC(=O)[C@H](Cc1c[nH]cn1)NC(=O)[C@H](CC(=O)N1CCC[C@H]1C(=O)OC(C)(C)C)Cc1ccccc1)C(C)C. The van der Waals surface area contributed by atoms with Gasteiger partial charge in [0.15, 0.2) is 0 Å². The van der Waals surface area contributed by atoms with Gasteiger partial charge in [0.1, 0.15) is 17.7 Å². The molecule has 2 aliphatic rings. The number of ether oxygens (including phenoxy) is 1. The van der Waals surface area contributed by atoms with E-state index in [9.17, 15) is 24.3 Å². The summed E-state index contributed by atoms with van der Waals surface area (Å²) < 4.78 is 5.63. The van der Waals surface area contributed by atoms with Crippen molar-refractivity contribution in [2.45, 2.75) is 141 Å². The van der Waals surface area contributed by atoms with Crippen LogP contribution >= 0.6 is 0 Å². The van der Waals surface area contributed by atoms with Crippen molar-refractivity contribution >= 4 is 23.7 Å². The number of carbonyl (C=O) groups excluding carboxylic acids is 4. The molecule has 6 atom stereocenters. The molecule has 0 radical (unpaired) electrons. The van der Waals surface area contributed by atoms with Crippen LogP contribution < -0.4 is 10.6 Å². The van der Waals surface area contributed by atoms with E-state index >= 15 is 0 Å². The lowest BCUT2D eigenvalue weighted by Gasteiger charge is -2.33. The van der Waals surface area contributed by atoms with Crippen LogP contribution in [0.3, 0.4) is 0 Å². The molecule has 292 valence electrons. The number of imidazole rings is 1. The Morgan fingerprint density at radius 1 is 1.02 bits per heavy atom. The van der Waals surface area contributed by atoms with Gasteiger partial charge in [-0.1, -0.05) is 82.4 Å². The Kier molecular flexibility index (Phi) is 15.7. The molecule has 11 nitrogen and oxygen atoms in total. The average molecular weight is 734 g/mol. The van der Waals surface area contributed by atoms with Crippen LogP contribution in [0.4, 0.5) is 0 Å². The summed E-state index contributed by atoms with van der Waals surface area (Å²) in [6.07, 6.45) is 12.4. The lowest BCUT2D eigenvalue weighted by molar-refractivity contribution is -0.163. The van der Waals surface area contributed by atoms with Crippen LogP contribution in [0.25, 0.3) is 0 Å². The van der Waals surface area contributed by atoms with E-state index in [0.717, 1.165) is 31.2 Å². The van der Waals surface area contributed by atoms with E-state index in [0.29, 0.717) is 43.8 Å². The molecule has 0 spiro atoms.